The fourth-order valence-corrected chi connectivity index (χ4v) is 2.29. The Bertz CT molecular complexity index is 516. The maximum atomic E-state index is 11.5. The molecule has 0 unspecified atom stereocenters. The van der Waals surface area contributed by atoms with E-state index in [9.17, 15) is 4.79 Å². The number of hydrogen-bond donors (Lipinski definition) is 0. The van der Waals surface area contributed by atoms with Crippen molar-refractivity contribution >= 4 is 17.1 Å². The molecule has 1 aromatic heterocycles. The van der Waals surface area contributed by atoms with Gasteiger partial charge in [0, 0.05) is 17.4 Å². The molecule has 0 radical (unpaired) electrons. The molecule has 1 heterocycles. The van der Waals surface area contributed by atoms with Crippen molar-refractivity contribution in [2.24, 2.45) is 0 Å². The predicted molar refractivity (Wildman–Crippen MR) is 68.7 cm³/mol. The first-order valence-corrected chi connectivity index (χ1v) is 6.25. The molecule has 1 aromatic carbocycles. The highest BCUT2D eigenvalue weighted by molar-refractivity contribution is 7.12. The molecule has 0 N–H and O–H groups in total. The van der Waals surface area contributed by atoms with Crippen LogP contribution in [0.2, 0.25) is 0 Å². The molecule has 0 bridgehead atoms. The van der Waals surface area contributed by atoms with Gasteiger partial charge in [0.1, 0.15) is 5.75 Å². The maximum Gasteiger partial charge on any atom is 0.191 e. The second kappa shape index (κ2) is 5.10. The summed E-state index contributed by atoms with van der Waals surface area (Å²) in [6.07, 6.45) is 0.496. The smallest absolute Gasteiger partial charge is 0.191 e. The lowest BCUT2D eigenvalue weighted by molar-refractivity contribution is 0.0988. The van der Waals surface area contributed by atoms with E-state index in [1.54, 1.807) is 7.11 Å². The first-order chi connectivity index (χ1) is 8.24. The topological polar surface area (TPSA) is 39.2 Å². The Morgan fingerprint density at radius 1 is 1.35 bits per heavy atom. The Balaban J connectivity index is 2.27. The zero-order valence-corrected chi connectivity index (χ0v) is 10.6. The molecule has 0 saturated heterocycles. The van der Waals surface area contributed by atoms with E-state index in [2.05, 4.69) is 4.98 Å². The summed E-state index contributed by atoms with van der Waals surface area (Å²) >= 11 is 1.40. The molecule has 0 fully saturated rings. The molecule has 2 rings (SSSR count). The second-order valence-electron chi connectivity index (χ2n) is 3.54. The number of nitrogens with zero attached hydrogens (tertiary/aromatic N) is 1. The zero-order valence-electron chi connectivity index (χ0n) is 9.77. The molecular weight excluding hydrogens is 234 g/mol. The zero-order chi connectivity index (χ0) is 12.3. The van der Waals surface area contributed by atoms with Gasteiger partial charge in [-0.1, -0.05) is 6.92 Å². The van der Waals surface area contributed by atoms with Gasteiger partial charge >= 0.3 is 0 Å². The molecule has 0 spiro atoms. The van der Waals surface area contributed by atoms with Crippen LogP contribution >= 0.6 is 11.3 Å². The predicted octanol–water partition coefficient (Wildman–Crippen LogP) is 3.41. The van der Waals surface area contributed by atoms with Crippen molar-refractivity contribution in [3.63, 3.8) is 0 Å². The van der Waals surface area contributed by atoms with E-state index in [0.29, 0.717) is 11.4 Å². The van der Waals surface area contributed by atoms with Crippen molar-refractivity contribution in [2.75, 3.05) is 7.11 Å². The van der Waals surface area contributed by atoms with Crippen LogP contribution in [0.1, 0.15) is 23.1 Å². The molecule has 88 valence electrons. The summed E-state index contributed by atoms with van der Waals surface area (Å²) in [5, 5.41) is 2.49. The second-order valence-corrected chi connectivity index (χ2v) is 4.40. The van der Waals surface area contributed by atoms with Crippen molar-refractivity contribution < 1.29 is 9.53 Å². The third-order valence-electron chi connectivity index (χ3n) is 2.45. The molecule has 0 aliphatic heterocycles. The van der Waals surface area contributed by atoms with Gasteiger partial charge in [-0.3, -0.25) is 4.79 Å². The number of Topliss-reactive ketones (excluding diaryl/α,β-unsaturated/α-hetero) is 1. The molecule has 0 amide bonds. The average Bonchev–Trinajstić information content (AvgIpc) is 2.87. The van der Waals surface area contributed by atoms with E-state index in [-0.39, 0.29) is 5.78 Å². The third-order valence-corrected chi connectivity index (χ3v) is 3.33. The first-order valence-electron chi connectivity index (χ1n) is 5.37. The lowest BCUT2D eigenvalue weighted by Crippen LogP contribution is -1.94. The van der Waals surface area contributed by atoms with Crippen LogP contribution in [0.25, 0.3) is 11.3 Å². The van der Waals surface area contributed by atoms with Gasteiger partial charge in [0.2, 0.25) is 0 Å². The monoisotopic (exact) mass is 247 g/mol. The van der Waals surface area contributed by atoms with Crippen LogP contribution in [0, 0.1) is 0 Å². The molecular formula is C13H13NO2S. The Hall–Kier alpha value is -1.68. The quantitative estimate of drug-likeness (QED) is 0.777. The number of thiazole rings is 1. The standard InChI is InChI=1S/C13H13NO2S/c1-3-12(15)13-14-11(8-17-13)9-4-6-10(16-2)7-5-9/h4-8H,3H2,1-2H3. The summed E-state index contributed by atoms with van der Waals surface area (Å²) in [6, 6.07) is 7.65. The normalized spacial score (nSPS) is 10.2. The average molecular weight is 247 g/mol. The van der Waals surface area contributed by atoms with Gasteiger partial charge in [0.15, 0.2) is 10.8 Å². The Morgan fingerprint density at radius 3 is 2.65 bits per heavy atom. The van der Waals surface area contributed by atoms with E-state index in [1.165, 1.54) is 11.3 Å². The van der Waals surface area contributed by atoms with Crippen LogP contribution in [-0.4, -0.2) is 17.9 Å². The summed E-state index contributed by atoms with van der Waals surface area (Å²) in [4.78, 5) is 15.8. The lowest BCUT2D eigenvalue weighted by atomic mass is 10.2. The van der Waals surface area contributed by atoms with E-state index < -0.39 is 0 Å². The summed E-state index contributed by atoms with van der Waals surface area (Å²) in [7, 11) is 1.63. The van der Waals surface area contributed by atoms with Gasteiger partial charge in [-0.25, -0.2) is 4.98 Å². The summed E-state index contributed by atoms with van der Waals surface area (Å²) in [6.45, 7) is 1.84. The maximum absolute atomic E-state index is 11.5. The number of carbonyl (C=O) groups is 1. The van der Waals surface area contributed by atoms with Gasteiger partial charge in [-0.05, 0) is 24.3 Å². The molecule has 0 saturated carbocycles. The van der Waals surface area contributed by atoms with Gasteiger partial charge in [-0.15, -0.1) is 11.3 Å². The van der Waals surface area contributed by atoms with E-state index in [1.807, 2.05) is 36.6 Å². The molecule has 0 aliphatic carbocycles. The van der Waals surface area contributed by atoms with Crippen LogP contribution in [0.3, 0.4) is 0 Å². The molecule has 4 heteroatoms. The number of rotatable bonds is 4. The largest absolute Gasteiger partial charge is 0.497 e. The van der Waals surface area contributed by atoms with Crippen molar-refractivity contribution in [1.29, 1.82) is 0 Å². The number of ether oxygens (including phenoxy) is 1. The van der Waals surface area contributed by atoms with Crippen LogP contribution < -0.4 is 4.74 Å². The molecule has 0 aliphatic rings. The van der Waals surface area contributed by atoms with Crippen LogP contribution in [0.4, 0.5) is 0 Å². The Kier molecular flexibility index (Phi) is 3.54. The van der Waals surface area contributed by atoms with Crippen LogP contribution in [0.15, 0.2) is 29.6 Å². The molecule has 3 nitrogen and oxygen atoms in total. The van der Waals surface area contributed by atoms with Gasteiger partial charge in [-0.2, -0.15) is 0 Å². The minimum absolute atomic E-state index is 0.0924. The Morgan fingerprint density at radius 2 is 2.06 bits per heavy atom. The highest BCUT2D eigenvalue weighted by Crippen LogP contribution is 2.24. The fourth-order valence-electron chi connectivity index (χ4n) is 1.45. The molecule has 17 heavy (non-hydrogen) atoms. The van der Waals surface area contributed by atoms with Crippen molar-refractivity contribution in [3.8, 4) is 17.0 Å². The van der Waals surface area contributed by atoms with Crippen LogP contribution in [0.5, 0.6) is 5.75 Å². The Labute approximate surface area is 104 Å². The van der Waals surface area contributed by atoms with Gasteiger partial charge in [0.05, 0.1) is 12.8 Å². The van der Waals surface area contributed by atoms with Crippen LogP contribution in [-0.2, 0) is 0 Å². The van der Waals surface area contributed by atoms with Gasteiger partial charge in [0.25, 0.3) is 0 Å². The highest BCUT2D eigenvalue weighted by atomic mass is 32.1. The van der Waals surface area contributed by atoms with Gasteiger partial charge < -0.3 is 4.74 Å². The van der Waals surface area contributed by atoms with E-state index >= 15 is 0 Å². The van der Waals surface area contributed by atoms with Crippen molar-refractivity contribution in [3.05, 3.63) is 34.7 Å². The molecule has 2 aromatic rings. The number of ketones is 1. The molecule has 0 atom stereocenters. The lowest BCUT2D eigenvalue weighted by Gasteiger charge is -2.00. The highest BCUT2D eigenvalue weighted by Gasteiger charge is 2.09. The minimum atomic E-state index is 0.0924. The third kappa shape index (κ3) is 2.53. The fraction of sp³-hybridized carbons (Fsp3) is 0.231. The summed E-state index contributed by atoms with van der Waals surface area (Å²) < 4.78 is 5.09. The SMILES string of the molecule is CCC(=O)c1nc(-c2ccc(OC)cc2)cs1. The number of aromatic nitrogens is 1. The van der Waals surface area contributed by atoms with E-state index in [4.69, 9.17) is 4.74 Å². The van der Waals surface area contributed by atoms with Crippen molar-refractivity contribution in [2.45, 2.75) is 13.3 Å². The summed E-state index contributed by atoms with van der Waals surface area (Å²) in [5.41, 5.74) is 1.84. The number of methoxy groups -OCH3 is 1. The van der Waals surface area contributed by atoms with E-state index in [0.717, 1.165) is 17.0 Å². The minimum Gasteiger partial charge on any atom is -0.497 e. The van der Waals surface area contributed by atoms with Crippen molar-refractivity contribution in [1.82, 2.24) is 4.98 Å². The first kappa shape index (κ1) is 11.8. The summed E-state index contributed by atoms with van der Waals surface area (Å²) in [5.74, 6) is 0.906. The number of carbonyl (C=O) groups excluding carboxylic acids is 1. The number of hydrogen-bond acceptors (Lipinski definition) is 4. The number of benzene rings is 1.